The molecule has 18 heavy (non-hydrogen) atoms. The lowest BCUT2D eigenvalue weighted by molar-refractivity contribution is -0.152. The number of carbonyl (C=O) groups is 3. The number of carboxylic acids is 1. The molecule has 0 aliphatic heterocycles. The summed E-state index contributed by atoms with van der Waals surface area (Å²) in [5, 5.41) is 20.2. The first-order valence-electron chi connectivity index (χ1n) is 5.00. The molecule has 1 rings (SSSR count). The van der Waals surface area contributed by atoms with Crippen LogP contribution in [0.2, 0.25) is 0 Å². The van der Waals surface area contributed by atoms with Gasteiger partial charge in [0, 0.05) is 11.8 Å². The predicted molar refractivity (Wildman–Crippen MR) is 60.3 cm³/mol. The van der Waals surface area contributed by atoms with Crippen LogP contribution in [0.4, 0.5) is 5.69 Å². The van der Waals surface area contributed by atoms with Crippen molar-refractivity contribution >= 4 is 23.5 Å². The third kappa shape index (κ3) is 3.21. The molecule has 7 heteroatoms. The molecule has 0 heterocycles. The Bertz CT molecular complexity index is 496. The van der Waals surface area contributed by atoms with E-state index >= 15 is 0 Å². The topological polar surface area (TPSA) is 113 Å². The zero-order chi connectivity index (χ0) is 13.7. The Morgan fingerprint density at radius 3 is 2.50 bits per heavy atom. The summed E-state index contributed by atoms with van der Waals surface area (Å²) in [6, 6.07) is 3.39. The highest BCUT2D eigenvalue weighted by atomic mass is 16.5. The number of carbonyl (C=O) groups excluding carboxylic acids is 2. The van der Waals surface area contributed by atoms with E-state index in [4.69, 9.17) is 5.11 Å². The largest absolute Gasteiger partial charge is 0.507 e. The normalized spacial score (nSPS) is 9.61. The number of hydrogen-bond donors (Lipinski definition) is 3. The van der Waals surface area contributed by atoms with E-state index in [1.54, 1.807) is 6.92 Å². The Hall–Kier alpha value is -2.57. The molecule has 0 spiro atoms. The fourth-order valence-electron chi connectivity index (χ4n) is 1.17. The number of aromatic carboxylic acids is 1. The maximum absolute atomic E-state index is 11.2. The van der Waals surface area contributed by atoms with Crippen molar-refractivity contribution in [3.05, 3.63) is 23.8 Å². The first kappa shape index (κ1) is 13.5. The van der Waals surface area contributed by atoms with Crippen LogP contribution in [0.25, 0.3) is 0 Å². The number of rotatable bonds is 3. The molecular weight excluding hydrogens is 242 g/mol. The number of esters is 1. The summed E-state index contributed by atoms with van der Waals surface area (Å²) in [6.45, 7) is 1.62. The Kier molecular flexibility index (Phi) is 4.25. The first-order chi connectivity index (χ1) is 8.45. The molecule has 0 aliphatic carbocycles. The molecule has 0 saturated carbocycles. The first-order valence-corrected chi connectivity index (χ1v) is 5.00. The van der Waals surface area contributed by atoms with Gasteiger partial charge in [-0.1, -0.05) is 0 Å². The number of nitrogens with one attached hydrogen (secondary N) is 1. The molecule has 1 aromatic carbocycles. The van der Waals surface area contributed by atoms with E-state index in [0.29, 0.717) is 0 Å². The highest BCUT2D eigenvalue weighted by Gasteiger charge is 2.16. The van der Waals surface area contributed by atoms with Gasteiger partial charge in [-0.25, -0.2) is 9.59 Å². The zero-order valence-electron chi connectivity index (χ0n) is 9.47. The predicted octanol–water partition coefficient (Wildman–Crippen LogP) is 0.592. The summed E-state index contributed by atoms with van der Waals surface area (Å²) in [6.07, 6.45) is 0. The standard InChI is InChI=1S/C11H11NO6/c1-2-18-11(17)9(14)12-6-3-4-7(10(15)16)8(13)5-6/h3-5,13H,2H2,1H3,(H,12,14)(H,15,16). The number of phenols is 1. The van der Waals surface area contributed by atoms with E-state index < -0.39 is 23.6 Å². The summed E-state index contributed by atoms with van der Waals surface area (Å²) in [5.74, 6) is -3.86. The molecule has 0 bridgehead atoms. The number of ether oxygens (including phenoxy) is 1. The van der Waals surface area contributed by atoms with E-state index in [-0.39, 0.29) is 17.9 Å². The molecule has 1 aromatic rings. The second kappa shape index (κ2) is 5.67. The monoisotopic (exact) mass is 253 g/mol. The van der Waals surface area contributed by atoms with Crippen LogP contribution in [-0.2, 0) is 14.3 Å². The van der Waals surface area contributed by atoms with Crippen molar-refractivity contribution in [1.29, 1.82) is 0 Å². The number of aromatic hydroxyl groups is 1. The molecule has 0 radical (unpaired) electrons. The molecule has 1 amide bonds. The van der Waals surface area contributed by atoms with Gasteiger partial charge in [0.2, 0.25) is 0 Å². The van der Waals surface area contributed by atoms with Crippen LogP contribution >= 0.6 is 0 Å². The molecule has 0 atom stereocenters. The van der Waals surface area contributed by atoms with Crippen molar-refractivity contribution in [3.63, 3.8) is 0 Å². The van der Waals surface area contributed by atoms with Crippen molar-refractivity contribution in [1.82, 2.24) is 0 Å². The lowest BCUT2D eigenvalue weighted by Crippen LogP contribution is -2.24. The van der Waals surface area contributed by atoms with Crippen LogP contribution in [0, 0.1) is 0 Å². The van der Waals surface area contributed by atoms with Crippen LogP contribution in [-0.4, -0.2) is 34.7 Å². The number of carboxylic acid groups (broad SMARTS) is 1. The fraction of sp³-hybridized carbons (Fsp3) is 0.182. The SMILES string of the molecule is CCOC(=O)C(=O)Nc1ccc(C(=O)O)c(O)c1. The summed E-state index contributed by atoms with van der Waals surface area (Å²) in [7, 11) is 0. The Morgan fingerprint density at radius 2 is 2.00 bits per heavy atom. The molecule has 0 saturated heterocycles. The molecule has 0 unspecified atom stereocenters. The lowest BCUT2D eigenvalue weighted by atomic mass is 10.2. The number of amides is 1. The van der Waals surface area contributed by atoms with E-state index in [1.165, 1.54) is 6.07 Å². The van der Waals surface area contributed by atoms with E-state index in [1.807, 2.05) is 0 Å². The van der Waals surface area contributed by atoms with Gasteiger partial charge in [-0.05, 0) is 19.1 Å². The van der Waals surface area contributed by atoms with Gasteiger partial charge in [0.15, 0.2) is 0 Å². The van der Waals surface area contributed by atoms with Crippen LogP contribution in [0.15, 0.2) is 18.2 Å². The van der Waals surface area contributed by atoms with E-state index in [2.05, 4.69) is 10.1 Å². The van der Waals surface area contributed by atoms with Gasteiger partial charge in [-0.3, -0.25) is 4.79 Å². The van der Waals surface area contributed by atoms with Crippen molar-refractivity contribution < 1.29 is 29.3 Å². The Balaban J connectivity index is 2.81. The number of benzene rings is 1. The van der Waals surface area contributed by atoms with Crippen molar-refractivity contribution in [2.75, 3.05) is 11.9 Å². The van der Waals surface area contributed by atoms with E-state index in [9.17, 15) is 19.5 Å². The third-order valence-corrected chi connectivity index (χ3v) is 1.95. The fourth-order valence-corrected chi connectivity index (χ4v) is 1.17. The minimum absolute atomic E-state index is 0.0649. The average Bonchev–Trinajstić information content (AvgIpc) is 2.28. The minimum atomic E-state index is -1.30. The van der Waals surface area contributed by atoms with Gasteiger partial charge in [0.25, 0.3) is 0 Å². The number of anilines is 1. The molecule has 7 nitrogen and oxygen atoms in total. The van der Waals surface area contributed by atoms with Crippen LogP contribution in [0.5, 0.6) is 5.75 Å². The maximum Gasteiger partial charge on any atom is 0.397 e. The Morgan fingerprint density at radius 1 is 1.33 bits per heavy atom. The summed E-state index contributed by atoms with van der Waals surface area (Å²) in [4.78, 5) is 32.9. The van der Waals surface area contributed by atoms with Gasteiger partial charge in [0.1, 0.15) is 11.3 Å². The molecule has 0 fully saturated rings. The molecule has 0 aliphatic rings. The zero-order valence-corrected chi connectivity index (χ0v) is 9.47. The second-order valence-electron chi connectivity index (χ2n) is 3.21. The van der Waals surface area contributed by atoms with Crippen molar-refractivity contribution in [3.8, 4) is 5.75 Å². The summed E-state index contributed by atoms with van der Waals surface area (Å²) in [5.41, 5.74) is -0.209. The van der Waals surface area contributed by atoms with Gasteiger partial charge in [-0.2, -0.15) is 0 Å². The highest BCUT2D eigenvalue weighted by Crippen LogP contribution is 2.21. The smallest absolute Gasteiger partial charge is 0.397 e. The maximum atomic E-state index is 11.2. The van der Waals surface area contributed by atoms with Crippen molar-refractivity contribution in [2.24, 2.45) is 0 Å². The van der Waals surface area contributed by atoms with Gasteiger partial charge < -0.3 is 20.3 Å². The average molecular weight is 253 g/mol. The van der Waals surface area contributed by atoms with Crippen LogP contribution in [0.3, 0.4) is 0 Å². The van der Waals surface area contributed by atoms with Gasteiger partial charge in [0.05, 0.1) is 6.61 Å². The van der Waals surface area contributed by atoms with Gasteiger partial charge >= 0.3 is 17.8 Å². The van der Waals surface area contributed by atoms with Crippen LogP contribution < -0.4 is 5.32 Å². The number of hydrogen-bond acceptors (Lipinski definition) is 5. The lowest BCUT2D eigenvalue weighted by Gasteiger charge is -2.06. The molecule has 0 aromatic heterocycles. The Labute approximate surface area is 102 Å². The van der Waals surface area contributed by atoms with Crippen molar-refractivity contribution in [2.45, 2.75) is 6.92 Å². The second-order valence-corrected chi connectivity index (χ2v) is 3.21. The quantitative estimate of drug-likeness (QED) is 0.536. The third-order valence-electron chi connectivity index (χ3n) is 1.95. The molecule has 3 N–H and O–H groups in total. The minimum Gasteiger partial charge on any atom is -0.507 e. The highest BCUT2D eigenvalue weighted by molar-refractivity contribution is 6.37. The van der Waals surface area contributed by atoms with Crippen LogP contribution in [0.1, 0.15) is 17.3 Å². The van der Waals surface area contributed by atoms with E-state index in [0.717, 1.165) is 12.1 Å². The van der Waals surface area contributed by atoms with Gasteiger partial charge in [-0.15, -0.1) is 0 Å². The summed E-state index contributed by atoms with van der Waals surface area (Å²) >= 11 is 0. The molecule has 96 valence electrons. The molecular formula is C11H11NO6. The summed E-state index contributed by atoms with van der Waals surface area (Å²) < 4.78 is 4.46.